The summed E-state index contributed by atoms with van der Waals surface area (Å²) in [5.41, 5.74) is 1.23. The van der Waals surface area contributed by atoms with Crippen LogP contribution in [0, 0.1) is 0 Å². The minimum absolute atomic E-state index is 0.132. The van der Waals surface area contributed by atoms with E-state index in [0.29, 0.717) is 0 Å². The van der Waals surface area contributed by atoms with Crippen LogP contribution in [0.1, 0.15) is 34.1 Å². The van der Waals surface area contributed by atoms with Gasteiger partial charge in [-0.25, -0.2) is 0 Å². The molecular weight excluding hydrogens is 402 g/mol. The highest BCUT2D eigenvalue weighted by Gasteiger charge is 2.31. The summed E-state index contributed by atoms with van der Waals surface area (Å²) >= 11 is 8.38. The first-order valence-corrected chi connectivity index (χ1v) is 8.88. The highest BCUT2D eigenvalue weighted by atomic mass is 79.9. The maximum atomic E-state index is 12.7. The van der Waals surface area contributed by atoms with E-state index in [9.17, 15) is 4.79 Å². The normalized spacial score (nSPS) is 18.5. The van der Waals surface area contributed by atoms with Gasteiger partial charge in [0, 0.05) is 11.0 Å². The number of nitrogens with zero attached hydrogens (tertiary/aromatic N) is 1. The lowest BCUT2D eigenvalue weighted by molar-refractivity contribution is 0.0740. The summed E-state index contributed by atoms with van der Waals surface area (Å²) in [6, 6.07) is 12.4. The molecule has 0 N–H and O–H groups in total. The number of thiophene rings is 1. The van der Waals surface area contributed by atoms with E-state index in [1.54, 1.807) is 0 Å². The van der Waals surface area contributed by atoms with Crippen molar-refractivity contribution in [2.24, 2.45) is 0 Å². The molecule has 0 bridgehead atoms. The van der Waals surface area contributed by atoms with Gasteiger partial charge in [-0.2, -0.15) is 0 Å². The Kier molecular flexibility index (Phi) is 4.29. The van der Waals surface area contributed by atoms with Gasteiger partial charge in [-0.3, -0.25) is 4.79 Å². The van der Waals surface area contributed by atoms with Crippen molar-refractivity contribution in [1.29, 1.82) is 0 Å². The molecule has 1 atom stereocenters. The molecule has 1 amide bonds. The van der Waals surface area contributed by atoms with Gasteiger partial charge in [0.1, 0.15) is 0 Å². The Morgan fingerprint density at radius 3 is 2.65 bits per heavy atom. The number of hydrogen-bond acceptors (Lipinski definition) is 2. The molecule has 2 nitrogen and oxygen atoms in total. The lowest BCUT2D eigenvalue weighted by Crippen LogP contribution is -2.29. The minimum atomic E-state index is 0.132. The Balaban J connectivity index is 1.87. The van der Waals surface area contributed by atoms with Gasteiger partial charge in [0.15, 0.2) is 0 Å². The summed E-state index contributed by atoms with van der Waals surface area (Å²) in [6.07, 6.45) is 2.11. The summed E-state index contributed by atoms with van der Waals surface area (Å²) in [7, 11) is 0. The molecule has 3 rings (SSSR count). The van der Waals surface area contributed by atoms with Gasteiger partial charge in [0.2, 0.25) is 0 Å². The van der Waals surface area contributed by atoms with E-state index in [4.69, 9.17) is 0 Å². The van der Waals surface area contributed by atoms with Crippen molar-refractivity contribution in [2.75, 3.05) is 6.54 Å². The van der Waals surface area contributed by atoms with Crippen LogP contribution in [0.4, 0.5) is 0 Å². The van der Waals surface area contributed by atoms with Crippen LogP contribution in [0.15, 0.2) is 44.7 Å². The third-order valence-corrected chi connectivity index (χ3v) is 6.80. The van der Waals surface area contributed by atoms with E-state index in [1.807, 2.05) is 29.2 Å². The molecule has 1 aromatic heterocycles. The van der Waals surface area contributed by atoms with Crippen LogP contribution >= 0.6 is 43.2 Å². The van der Waals surface area contributed by atoms with Crippen LogP contribution in [0.25, 0.3) is 0 Å². The molecule has 0 aliphatic carbocycles. The SMILES string of the molecule is O=C(c1cc(Br)c(Br)s1)N1CCC[C@@H]1c1ccccc1. The Labute approximate surface area is 139 Å². The molecule has 104 valence electrons. The average Bonchev–Trinajstić information content (AvgIpc) is 3.07. The van der Waals surface area contributed by atoms with Gasteiger partial charge in [0.05, 0.1) is 14.7 Å². The van der Waals surface area contributed by atoms with Crippen LogP contribution in [-0.2, 0) is 0 Å². The molecule has 1 aromatic carbocycles. The lowest BCUT2D eigenvalue weighted by Gasteiger charge is -2.24. The van der Waals surface area contributed by atoms with Gasteiger partial charge in [-0.1, -0.05) is 30.3 Å². The number of halogens is 2. The number of likely N-dealkylation sites (tertiary alicyclic amines) is 1. The molecular formula is C15H13Br2NOS. The largest absolute Gasteiger partial charge is 0.331 e. The maximum absolute atomic E-state index is 12.7. The second-order valence-corrected chi connectivity index (χ2v) is 8.02. The van der Waals surface area contributed by atoms with E-state index < -0.39 is 0 Å². The third-order valence-electron chi connectivity index (χ3n) is 3.55. The standard InChI is InChI=1S/C15H13Br2NOS/c16-11-9-13(20-14(11)17)15(19)18-8-4-7-12(18)10-5-2-1-3-6-10/h1-3,5-6,9,12H,4,7-8H2/t12-/m1/s1. The first kappa shape index (κ1) is 14.3. The molecule has 2 heterocycles. The second-order valence-electron chi connectivity index (χ2n) is 4.80. The number of carbonyl (C=O) groups is 1. The van der Waals surface area contributed by atoms with Crippen LogP contribution < -0.4 is 0 Å². The monoisotopic (exact) mass is 413 g/mol. The maximum Gasteiger partial charge on any atom is 0.264 e. The fourth-order valence-corrected chi connectivity index (χ4v) is 4.62. The Bertz CT molecular complexity index is 607. The first-order valence-electron chi connectivity index (χ1n) is 6.47. The fourth-order valence-electron chi connectivity index (χ4n) is 2.63. The topological polar surface area (TPSA) is 20.3 Å². The molecule has 1 saturated heterocycles. The Morgan fingerprint density at radius 1 is 1.25 bits per heavy atom. The molecule has 1 aliphatic rings. The molecule has 0 unspecified atom stereocenters. The van der Waals surface area contributed by atoms with Crippen LogP contribution in [0.5, 0.6) is 0 Å². The smallest absolute Gasteiger partial charge is 0.264 e. The molecule has 1 aliphatic heterocycles. The van der Waals surface area contributed by atoms with Gasteiger partial charge in [-0.05, 0) is 56.3 Å². The minimum Gasteiger partial charge on any atom is -0.331 e. The van der Waals surface area contributed by atoms with E-state index in [-0.39, 0.29) is 11.9 Å². The van der Waals surface area contributed by atoms with E-state index in [0.717, 1.165) is 32.5 Å². The molecule has 5 heteroatoms. The summed E-state index contributed by atoms with van der Waals surface area (Å²) < 4.78 is 1.91. The molecule has 0 radical (unpaired) electrons. The van der Waals surface area contributed by atoms with Crippen molar-refractivity contribution < 1.29 is 4.79 Å². The first-order chi connectivity index (χ1) is 9.66. The molecule has 0 spiro atoms. The fraction of sp³-hybridized carbons (Fsp3) is 0.267. The van der Waals surface area contributed by atoms with Gasteiger partial charge < -0.3 is 4.90 Å². The zero-order valence-corrected chi connectivity index (χ0v) is 14.7. The third kappa shape index (κ3) is 2.71. The van der Waals surface area contributed by atoms with Crippen LogP contribution in [-0.4, -0.2) is 17.4 Å². The highest BCUT2D eigenvalue weighted by molar-refractivity contribution is 9.13. The number of carbonyl (C=O) groups excluding carboxylic acids is 1. The number of amides is 1. The zero-order valence-electron chi connectivity index (χ0n) is 10.7. The van der Waals surface area contributed by atoms with Crippen LogP contribution in [0.3, 0.4) is 0 Å². The molecule has 0 saturated carbocycles. The van der Waals surface area contributed by atoms with Crippen molar-refractivity contribution >= 4 is 49.1 Å². The summed E-state index contributed by atoms with van der Waals surface area (Å²) in [4.78, 5) is 15.5. The van der Waals surface area contributed by atoms with E-state index in [1.165, 1.54) is 16.9 Å². The highest BCUT2D eigenvalue weighted by Crippen LogP contribution is 2.37. The van der Waals surface area contributed by atoms with E-state index >= 15 is 0 Å². The van der Waals surface area contributed by atoms with Crippen molar-refractivity contribution in [3.05, 3.63) is 55.1 Å². The van der Waals surface area contributed by atoms with Crippen molar-refractivity contribution in [2.45, 2.75) is 18.9 Å². The van der Waals surface area contributed by atoms with Crippen LogP contribution in [0.2, 0.25) is 0 Å². The predicted octanol–water partition coefficient (Wildman–Crippen LogP) is 5.25. The number of hydrogen-bond donors (Lipinski definition) is 0. The average molecular weight is 415 g/mol. The van der Waals surface area contributed by atoms with Crippen molar-refractivity contribution in [3.63, 3.8) is 0 Å². The number of benzene rings is 1. The zero-order chi connectivity index (χ0) is 14.1. The molecule has 2 aromatic rings. The Morgan fingerprint density at radius 2 is 2.00 bits per heavy atom. The quantitative estimate of drug-likeness (QED) is 0.656. The summed E-state index contributed by atoms with van der Waals surface area (Å²) in [5, 5.41) is 0. The van der Waals surface area contributed by atoms with Crippen molar-refractivity contribution in [3.8, 4) is 0 Å². The Hall–Kier alpha value is -0.650. The number of rotatable bonds is 2. The lowest BCUT2D eigenvalue weighted by atomic mass is 10.0. The van der Waals surface area contributed by atoms with E-state index in [2.05, 4.69) is 44.0 Å². The van der Waals surface area contributed by atoms with Crippen molar-refractivity contribution in [1.82, 2.24) is 4.90 Å². The van der Waals surface area contributed by atoms with Gasteiger partial charge >= 0.3 is 0 Å². The summed E-state index contributed by atoms with van der Waals surface area (Å²) in [5.74, 6) is 0.132. The predicted molar refractivity (Wildman–Crippen MR) is 89.2 cm³/mol. The van der Waals surface area contributed by atoms with Gasteiger partial charge in [0.25, 0.3) is 5.91 Å². The second kappa shape index (κ2) is 6.00. The molecule has 1 fully saturated rings. The molecule has 20 heavy (non-hydrogen) atoms. The summed E-state index contributed by atoms with van der Waals surface area (Å²) in [6.45, 7) is 0.839. The van der Waals surface area contributed by atoms with Gasteiger partial charge in [-0.15, -0.1) is 11.3 Å².